The van der Waals surface area contributed by atoms with Crippen molar-refractivity contribution in [1.29, 1.82) is 0 Å². The molecule has 0 heterocycles. The van der Waals surface area contributed by atoms with E-state index in [1.807, 2.05) is 43.3 Å². The van der Waals surface area contributed by atoms with Gasteiger partial charge in [-0.1, -0.05) is 0 Å². The van der Waals surface area contributed by atoms with Crippen LogP contribution in [0.15, 0.2) is 24.3 Å². The Hall–Kier alpha value is -1.75. The van der Waals surface area contributed by atoms with Crippen LogP contribution in [0, 0.1) is 0 Å². The van der Waals surface area contributed by atoms with Gasteiger partial charge < -0.3 is 20.6 Å². The molecule has 5 nitrogen and oxygen atoms in total. The van der Waals surface area contributed by atoms with Crippen molar-refractivity contribution in [3.05, 3.63) is 24.3 Å². The van der Waals surface area contributed by atoms with Gasteiger partial charge in [0.05, 0.1) is 0 Å². The molecule has 0 fully saturated rings. The van der Waals surface area contributed by atoms with Crippen LogP contribution in [0.5, 0.6) is 0 Å². The summed E-state index contributed by atoms with van der Waals surface area (Å²) in [6, 6.07) is 7.31. The summed E-state index contributed by atoms with van der Waals surface area (Å²) >= 11 is 0. The first kappa shape index (κ1) is 13.3. The van der Waals surface area contributed by atoms with E-state index in [-0.39, 0.29) is 12.6 Å². The Bertz CT molecular complexity index is 349. The Morgan fingerprint density at radius 3 is 2.47 bits per heavy atom. The number of rotatable bonds is 5. The highest BCUT2D eigenvalue weighted by Crippen LogP contribution is 2.15. The van der Waals surface area contributed by atoms with Gasteiger partial charge in [-0.2, -0.15) is 0 Å². The summed E-state index contributed by atoms with van der Waals surface area (Å²) < 4.78 is 0. The highest BCUT2D eigenvalue weighted by atomic mass is 16.3. The second-order valence-corrected chi connectivity index (χ2v) is 3.90. The van der Waals surface area contributed by atoms with E-state index >= 15 is 0 Å². The van der Waals surface area contributed by atoms with Crippen LogP contribution in [-0.4, -0.2) is 38.4 Å². The van der Waals surface area contributed by atoms with Crippen molar-refractivity contribution < 1.29 is 9.90 Å². The summed E-state index contributed by atoms with van der Waals surface area (Å²) in [4.78, 5) is 13.4. The van der Waals surface area contributed by atoms with Gasteiger partial charge in [0, 0.05) is 38.6 Å². The number of amides is 2. The first-order valence-corrected chi connectivity index (χ1v) is 5.56. The molecule has 0 aliphatic rings. The molecule has 17 heavy (non-hydrogen) atoms. The summed E-state index contributed by atoms with van der Waals surface area (Å²) in [6.07, 6.45) is 0.562. The first-order chi connectivity index (χ1) is 8.13. The van der Waals surface area contributed by atoms with Crippen LogP contribution in [0.25, 0.3) is 0 Å². The predicted molar refractivity (Wildman–Crippen MR) is 69.5 cm³/mol. The SMILES string of the molecule is CN(C)c1ccc(NC(=O)NCCCO)cc1. The lowest BCUT2D eigenvalue weighted by atomic mass is 10.2. The van der Waals surface area contributed by atoms with E-state index in [0.29, 0.717) is 13.0 Å². The molecule has 0 unspecified atom stereocenters. The van der Waals surface area contributed by atoms with E-state index < -0.39 is 0 Å². The molecule has 0 radical (unpaired) electrons. The van der Waals surface area contributed by atoms with Crippen LogP contribution in [0.2, 0.25) is 0 Å². The molecule has 94 valence electrons. The molecular formula is C12H19N3O2. The minimum Gasteiger partial charge on any atom is -0.396 e. The second kappa shape index (κ2) is 6.75. The van der Waals surface area contributed by atoms with Gasteiger partial charge in [-0.25, -0.2) is 4.79 Å². The molecule has 1 aromatic carbocycles. The summed E-state index contributed by atoms with van der Waals surface area (Å²) in [6.45, 7) is 0.552. The number of carbonyl (C=O) groups is 1. The number of nitrogens with zero attached hydrogens (tertiary/aromatic N) is 1. The molecule has 0 aromatic heterocycles. The van der Waals surface area contributed by atoms with Crippen molar-refractivity contribution in [1.82, 2.24) is 5.32 Å². The second-order valence-electron chi connectivity index (χ2n) is 3.90. The van der Waals surface area contributed by atoms with E-state index in [1.54, 1.807) is 0 Å². The van der Waals surface area contributed by atoms with Gasteiger partial charge in [-0.05, 0) is 30.7 Å². The number of hydrogen-bond donors (Lipinski definition) is 3. The summed E-state index contributed by atoms with van der Waals surface area (Å²) in [5.41, 5.74) is 1.83. The van der Waals surface area contributed by atoms with Gasteiger partial charge in [0.15, 0.2) is 0 Å². The third-order valence-corrected chi connectivity index (χ3v) is 2.26. The number of nitrogens with one attached hydrogen (secondary N) is 2. The van der Waals surface area contributed by atoms with E-state index in [9.17, 15) is 4.79 Å². The quantitative estimate of drug-likeness (QED) is 0.675. The third kappa shape index (κ3) is 4.74. The number of hydrogen-bond acceptors (Lipinski definition) is 3. The molecule has 0 spiro atoms. The van der Waals surface area contributed by atoms with Gasteiger partial charge >= 0.3 is 6.03 Å². The fourth-order valence-corrected chi connectivity index (χ4v) is 1.30. The number of carbonyl (C=O) groups excluding carboxylic acids is 1. The molecular weight excluding hydrogens is 218 g/mol. The zero-order valence-corrected chi connectivity index (χ0v) is 10.2. The Morgan fingerprint density at radius 2 is 1.94 bits per heavy atom. The van der Waals surface area contributed by atoms with Gasteiger partial charge in [0.2, 0.25) is 0 Å². The van der Waals surface area contributed by atoms with Crippen molar-refractivity contribution >= 4 is 17.4 Å². The molecule has 0 saturated heterocycles. The number of aliphatic hydroxyl groups is 1. The van der Waals surface area contributed by atoms with Crippen LogP contribution in [-0.2, 0) is 0 Å². The fourth-order valence-electron chi connectivity index (χ4n) is 1.30. The smallest absolute Gasteiger partial charge is 0.319 e. The maximum atomic E-state index is 11.4. The Labute approximate surface area is 101 Å². The standard InChI is InChI=1S/C12H19N3O2/c1-15(2)11-6-4-10(5-7-11)14-12(17)13-8-3-9-16/h4-7,16H,3,8-9H2,1-2H3,(H2,13,14,17). The average Bonchev–Trinajstić information content (AvgIpc) is 2.30. The minimum absolute atomic E-state index is 0.0812. The third-order valence-electron chi connectivity index (χ3n) is 2.26. The van der Waals surface area contributed by atoms with Gasteiger partial charge in [0.1, 0.15) is 0 Å². The Morgan fingerprint density at radius 1 is 1.29 bits per heavy atom. The molecule has 3 N–H and O–H groups in total. The zero-order chi connectivity index (χ0) is 12.7. The van der Waals surface area contributed by atoms with E-state index in [0.717, 1.165) is 11.4 Å². The normalized spacial score (nSPS) is 9.82. The average molecular weight is 237 g/mol. The molecule has 0 aliphatic carbocycles. The van der Waals surface area contributed by atoms with Crippen LogP contribution in [0.3, 0.4) is 0 Å². The summed E-state index contributed by atoms with van der Waals surface area (Å²) in [7, 11) is 3.92. The summed E-state index contributed by atoms with van der Waals surface area (Å²) in [5.74, 6) is 0. The lowest BCUT2D eigenvalue weighted by Gasteiger charge is -2.13. The van der Waals surface area contributed by atoms with Crippen LogP contribution < -0.4 is 15.5 Å². The van der Waals surface area contributed by atoms with Crippen molar-refractivity contribution in [3.8, 4) is 0 Å². The Kier molecular flexibility index (Phi) is 5.29. The maximum absolute atomic E-state index is 11.4. The van der Waals surface area contributed by atoms with E-state index in [1.165, 1.54) is 0 Å². The molecule has 0 saturated carbocycles. The van der Waals surface area contributed by atoms with Crippen molar-refractivity contribution in [2.45, 2.75) is 6.42 Å². The van der Waals surface area contributed by atoms with Crippen LogP contribution in [0.4, 0.5) is 16.2 Å². The van der Waals surface area contributed by atoms with Crippen LogP contribution >= 0.6 is 0 Å². The minimum atomic E-state index is -0.254. The fraction of sp³-hybridized carbons (Fsp3) is 0.417. The monoisotopic (exact) mass is 237 g/mol. The lowest BCUT2D eigenvalue weighted by Crippen LogP contribution is -2.29. The largest absolute Gasteiger partial charge is 0.396 e. The topological polar surface area (TPSA) is 64.6 Å². The highest BCUT2D eigenvalue weighted by Gasteiger charge is 2.01. The Balaban J connectivity index is 2.43. The first-order valence-electron chi connectivity index (χ1n) is 5.56. The molecule has 0 bridgehead atoms. The lowest BCUT2D eigenvalue weighted by molar-refractivity contribution is 0.249. The predicted octanol–water partition coefficient (Wildman–Crippen LogP) is 1.26. The van der Waals surface area contributed by atoms with Crippen LogP contribution in [0.1, 0.15) is 6.42 Å². The molecule has 1 aromatic rings. The van der Waals surface area contributed by atoms with Crippen molar-refractivity contribution in [2.75, 3.05) is 37.5 Å². The van der Waals surface area contributed by atoms with Gasteiger partial charge in [0.25, 0.3) is 0 Å². The highest BCUT2D eigenvalue weighted by molar-refractivity contribution is 5.89. The maximum Gasteiger partial charge on any atom is 0.319 e. The van der Waals surface area contributed by atoms with Gasteiger partial charge in [-0.15, -0.1) is 0 Å². The van der Waals surface area contributed by atoms with Gasteiger partial charge in [-0.3, -0.25) is 0 Å². The van der Waals surface area contributed by atoms with E-state index in [4.69, 9.17) is 5.11 Å². The zero-order valence-electron chi connectivity index (χ0n) is 10.2. The number of benzene rings is 1. The number of anilines is 2. The van der Waals surface area contributed by atoms with E-state index in [2.05, 4.69) is 10.6 Å². The molecule has 2 amide bonds. The number of urea groups is 1. The summed E-state index contributed by atoms with van der Waals surface area (Å²) in [5, 5.41) is 13.9. The number of aliphatic hydroxyl groups excluding tert-OH is 1. The molecule has 1 rings (SSSR count). The molecule has 0 aliphatic heterocycles. The van der Waals surface area contributed by atoms with Crippen molar-refractivity contribution in [3.63, 3.8) is 0 Å². The van der Waals surface area contributed by atoms with Crippen molar-refractivity contribution in [2.24, 2.45) is 0 Å². The molecule has 5 heteroatoms. The molecule has 0 atom stereocenters.